The van der Waals surface area contributed by atoms with Crippen molar-refractivity contribution < 1.29 is 0 Å². The molecule has 19 heavy (non-hydrogen) atoms. The molecule has 102 valence electrons. The molecule has 0 amide bonds. The number of thiocarbonyl (C=S) groups is 1. The Balaban J connectivity index is 1.95. The van der Waals surface area contributed by atoms with Gasteiger partial charge in [0.2, 0.25) is 0 Å². The summed E-state index contributed by atoms with van der Waals surface area (Å²) in [6.07, 6.45) is 3.74. The van der Waals surface area contributed by atoms with Crippen LogP contribution in [-0.4, -0.2) is 28.8 Å². The number of piperidine rings is 1. The Morgan fingerprint density at radius 1 is 1.32 bits per heavy atom. The number of halogens is 1. The molecule has 0 aliphatic carbocycles. The predicted octanol–water partition coefficient (Wildman–Crippen LogP) is 3.53. The van der Waals surface area contributed by atoms with Gasteiger partial charge in [-0.1, -0.05) is 28.1 Å². The van der Waals surface area contributed by atoms with Gasteiger partial charge in [0, 0.05) is 17.6 Å². The van der Waals surface area contributed by atoms with Crippen molar-refractivity contribution in [3.05, 3.63) is 34.3 Å². The van der Waals surface area contributed by atoms with Gasteiger partial charge in [-0.05, 0) is 56.1 Å². The third kappa shape index (κ3) is 4.28. The molecule has 0 unspecified atom stereocenters. The zero-order valence-electron chi connectivity index (χ0n) is 11.0. The van der Waals surface area contributed by atoms with E-state index in [-0.39, 0.29) is 0 Å². The van der Waals surface area contributed by atoms with E-state index >= 15 is 0 Å². The summed E-state index contributed by atoms with van der Waals surface area (Å²) in [7, 11) is 0. The maximum Gasteiger partial charge on any atom is 0.189 e. The van der Waals surface area contributed by atoms with Crippen molar-refractivity contribution in [2.75, 3.05) is 13.1 Å². The van der Waals surface area contributed by atoms with Crippen LogP contribution in [0.2, 0.25) is 0 Å². The summed E-state index contributed by atoms with van der Waals surface area (Å²) in [6.45, 7) is 4.06. The standard InChI is InChI=1S/C14H18BrN3S/c1-11(12-6-5-7-13(15)10-12)16-17-14(19)18-8-3-2-4-9-18/h5-7,10H,2-4,8-9H2,1H3,(H,17,19)/b16-11+. The van der Waals surface area contributed by atoms with Gasteiger partial charge in [-0.3, -0.25) is 5.43 Å². The van der Waals surface area contributed by atoms with E-state index in [0.29, 0.717) is 0 Å². The fourth-order valence-electron chi connectivity index (χ4n) is 2.08. The molecule has 1 aromatic carbocycles. The first-order chi connectivity index (χ1) is 9.16. The lowest BCUT2D eigenvalue weighted by molar-refractivity contribution is 0.338. The maximum atomic E-state index is 5.37. The molecule has 1 saturated heterocycles. The van der Waals surface area contributed by atoms with Gasteiger partial charge in [0.25, 0.3) is 0 Å². The Kier molecular flexibility index (Phi) is 5.34. The van der Waals surface area contributed by atoms with Gasteiger partial charge >= 0.3 is 0 Å². The fraction of sp³-hybridized carbons (Fsp3) is 0.429. The molecular formula is C14H18BrN3S. The predicted molar refractivity (Wildman–Crippen MR) is 87.5 cm³/mol. The highest BCUT2D eigenvalue weighted by Crippen LogP contribution is 2.12. The van der Waals surface area contributed by atoms with Gasteiger partial charge in [-0.25, -0.2) is 0 Å². The summed E-state index contributed by atoms with van der Waals surface area (Å²) >= 11 is 8.83. The highest BCUT2D eigenvalue weighted by atomic mass is 79.9. The lowest BCUT2D eigenvalue weighted by atomic mass is 10.1. The Morgan fingerprint density at radius 3 is 2.74 bits per heavy atom. The van der Waals surface area contributed by atoms with Gasteiger partial charge in [0.15, 0.2) is 5.11 Å². The zero-order chi connectivity index (χ0) is 13.7. The minimum Gasteiger partial charge on any atom is -0.348 e. The van der Waals surface area contributed by atoms with Crippen LogP contribution in [0.25, 0.3) is 0 Å². The van der Waals surface area contributed by atoms with E-state index in [1.165, 1.54) is 19.3 Å². The molecule has 0 spiro atoms. The summed E-state index contributed by atoms with van der Waals surface area (Å²) < 4.78 is 1.05. The van der Waals surface area contributed by atoms with Crippen LogP contribution in [0.4, 0.5) is 0 Å². The van der Waals surface area contributed by atoms with Crippen LogP contribution >= 0.6 is 28.1 Å². The molecule has 3 nitrogen and oxygen atoms in total. The van der Waals surface area contributed by atoms with Crippen LogP contribution in [0.5, 0.6) is 0 Å². The number of hydrazone groups is 1. The van der Waals surface area contributed by atoms with Gasteiger partial charge in [0.05, 0.1) is 5.71 Å². The Bertz CT molecular complexity index is 481. The van der Waals surface area contributed by atoms with Crippen molar-refractivity contribution in [3.8, 4) is 0 Å². The molecule has 1 N–H and O–H groups in total. The number of hydrogen-bond acceptors (Lipinski definition) is 2. The van der Waals surface area contributed by atoms with Crippen LogP contribution in [-0.2, 0) is 0 Å². The van der Waals surface area contributed by atoms with Crippen molar-refractivity contribution in [1.29, 1.82) is 0 Å². The third-order valence-electron chi connectivity index (χ3n) is 3.20. The second-order valence-electron chi connectivity index (χ2n) is 4.67. The highest BCUT2D eigenvalue weighted by Gasteiger charge is 2.12. The minimum absolute atomic E-state index is 0.731. The van der Waals surface area contributed by atoms with Crippen LogP contribution in [0.3, 0.4) is 0 Å². The summed E-state index contributed by atoms with van der Waals surface area (Å²) in [6, 6.07) is 8.09. The number of hydrogen-bond donors (Lipinski definition) is 1. The summed E-state index contributed by atoms with van der Waals surface area (Å²) in [4.78, 5) is 2.19. The normalized spacial score (nSPS) is 16.3. The van der Waals surface area contributed by atoms with E-state index < -0.39 is 0 Å². The van der Waals surface area contributed by atoms with Gasteiger partial charge in [-0.15, -0.1) is 0 Å². The van der Waals surface area contributed by atoms with E-state index in [1.54, 1.807) is 0 Å². The lowest BCUT2D eigenvalue weighted by Crippen LogP contribution is -2.40. The molecule has 1 aliphatic rings. The van der Waals surface area contributed by atoms with E-state index in [0.717, 1.165) is 33.9 Å². The molecule has 1 fully saturated rings. The molecule has 0 atom stereocenters. The second-order valence-corrected chi connectivity index (χ2v) is 5.97. The van der Waals surface area contributed by atoms with Crippen LogP contribution in [0.1, 0.15) is 31.7 Å². The average Bonchev–Trinajstić information content (AvgIpc) is 2.45. The first-order valence-corrected chi connectivity index (χ1v) is 7.72. The van der Waals surface area contributed by atoms with Crippen molar-refractivity contribution in [3.63, 3.8) is 0 Å². The van der Waals surface area contributed by atoms with Gasteiger partial charge in [-0.2, -0.15) is 5.10 Å². The molecule has 0 saturated carbocycles. The van der Waals surface area contributed by atoms with E-state index in [4.69, 9.17) is 12.2 Å². The smallest absolute Gasteiger partial charge is 0.189 e. The molecule has 0 radical (unpaired) electrons. The number of rotatable bonds is 2. The Morgan fingerprint density at radius 2 is 2.05 bits per heavy atom. The monoisotopic (exact) mass is 339 g/mol. The average molecular weight is 340 g/mol. The van der Waals surface area contributed by atoms with Gasteiger partial charge in [0.1, 0.15) is 0 Å². The zero-order valence-corrected chi connectivity index (χ0v) is 13.4. The number of benzene rings is 1. The van der Waals surface area contributed by atoms with E-state index in [9.17, 15) is 0 Å². The molecule has 1 aliphatic heterocycles. The third-order valence-corrected chi connectivity index (χ3v) is 4.05. The largest absolute Gasteiger partial charge is 0.348 e. The number of nitrogens with zero attached hydrogens (tertiary/aromatic N) is 2. The summed E-state index contributed by atoms with van der Waals surface area (Å²) in [5, 5.41) is 5.10. The first kappa shape index (κ1) is 14.5. The van der Waals surface area contributed by atoms with Crippen molar-refractivity contribution in [2.45, 2.75) is 26.2 Å². The number of nitrogens with one attached hydrogen (secondary N) is 1. The van der Waals surface area contributed by atoms with Crippen LogP contribution < -0.4 is 5.43 Å². The number of likely N-dealkylation sites (tertiary alicyclic amines) is 1. The van der Waals surface area contributed by atoms with Gasteiger partial charge < -0.3 is 4.90 Å². The van der Waals surface area contributed by atoms with Crippen molar-refractivity contribution in [1.82, 2.24) is 10.3 Å². The molecule has 0 bridgehead atoms. The summed E-state index contributed by atoms with van der Waals surface area (Å²) in [5.41, 5.74) is 5.02. The highest BCUT2D eigenvalue weighted by molar-refractivity contribution is 9.10. The van der Waals surface area contributed by atoms with E-state index in [2.05, 4.69) is 31.4 Å². The maximum absolute atomic E-state index is 5.37. The molecule has 5 heteroatoms. The minimum atomic E-state index is 0.731. The van der Waals surface area contributed by atoms with Crippen LogP contribution in [0.15, 0.2) is 33.8 Å². The molecule has 2 rings (SSSR count). The summed E-state index contributed by atoms with van der Waals surface area (Å²) in [5.74, 6) is 0. The Labute approximate surface area is 128 Å². The van der Waals surface area contributed by atoms with Crippen molar-refractivity contribution >= 4 is 39.0 Å². The molecule has 0 aromatic heterocycles. The Hall–Kier alpha value is -0.940. The molecule has 1 aromatic rings. The molecular weight excluding hydrogens is 322 g/mol. The lowest BCUT2D eigenvalue weighted by Gasteiger charge is -2.28. The first-order valence-electron chi connectivity index (χ1n) is 6.52. The van der Waals surface area contributed by atoms with Crippen molar-refractivity contribution in [2.24, 2.45) is 5.10 Å². The molecule has 1 heterocycles. The quantitative estimate of drug-likeness (QED) is 0.507. The van der Waals surface area contributed by atoms with Crippen LogP contribution in [0, 0.1) is 0 Å². The fourth-order valence-corrected chi connectivity index (χ4v) is 2.70. The van der Waals surface area contributed by atoms with E-state index in [1.807, 2.05) is 31.2 Å². The second kappa shape index (κ2) is 7.01. The SMILES string of the molecule is C/C(=N\NC(=S)N1CCCCC1)c1cccc(Br)c1. The topological polar surface area (TPSA) is 27.6 Å².